The molecule has 1 aromatic rings. The minimum absolute atomic E-state index is 0.138. The van der Waals surface area contributed by atoms with Crippen molar-refractivity contribution in [1.29, 1.82) is 0 Å². The summed E-state index contributed by atoms with van der Waals surface area (Å²) >= 11 is 0. The van der Waals surface area contributed by atoms with Crippen molar-refractivity contribution in [3.63, 3.8) is 0 Å². The number of esters is 2. The molecule has 24 heavy (non-hydrogen) atoms. The molecule has 0 radical (unpaired) electrons. The Kier molecular flexibility index (Phi) is 5.79. The third kappa shape index (κ3) is 3.20. The van der Waals surface area contributed by atoms with E-state index in [0.717, 1.165) is 5.56 Å². The molecule has 5 heteroatoms. The first-order valence-corrected chi connectivity index (χ1v) is 7.72. The average molecular weight is 330 g/mol. The predicted molar refractivity (Wildman–Crippen MR) is 89.6 cm³/mol. The zero-order chi connectivity index (χ0) is 17.6. The molecule has 1 aliphatic rings. The van der Waals surface area contributed by atoms with Crippen LogP contribution in [0, 0.1) is 11.3 Å². The number of benzene rings is 1. The van der Waals surface area contributed by atoms with E-state index in [-0.39, 0.29) is 12.3 Å². The van der Waals surface area contributed by atoms with Gasteiger partial charge in [0.1, 0.15) is 5.75 Å². The van der Waals surface area contributed by atoms with E-state index in [1.54, 1.807) is 13.2 Å². The molecule has 0 saturated carbocycles. The fourth-order valence-corrected chi connectivity index (χ4v) is 3.12. The second-order valence-corrected chi connectivity index (χ2v) is 5.60. The lowest BCUT2D eigenvalue weighted by molar-refractivity contribution is -0.172. The summed E-state index contributed by atoms with van der Waals surface area (Å²) in [6.45, 7) is 0. The number of methoxy groups -OCH3 is 3. The number of carbonyl (C=O) groups excluding carboxylic acids is 2. The van der Waals surface area contributed by atoms with Crippen LogP contribution in [0.2, 0.25) is 0 Å². The molecular formula is C19H22O5. The average Bonchev–Trinajstić information content (AvgIpc) is 2.65. The molecule has 0 amide bonds. The monoisotopic (exact) mass is 330 g/mol. The van der Waals surface area contributed by atoms with E-state index >= 15 is 0 Å². The second kappa shape index (κ2) is 7.81. The van der Waals surface area contributed by atoms with Crippen LogP contribution >= 0.6 is 0 Å². The summed E-state index contributed by atoms with van der Waals surface area (Å²) in [5.41, 5.74) is -0.710. The van der Waals surface area contributed by atoms with Gasteiger partial charge in [-0.1, -0.05) is 42.5 Å². The van der Waals surface area contributed by atoms with E-state index in [0.29, 0.717) is 12.2 Å². The minimum atomic E-state index is -1.46. The number of rotatable bonds is 6. The fraction of sp³-hybridized carbons (Fsp3) is 0.368. The molecule has 1 atom stereocenters. The minimum Gasteiger partial charge on any atom is -0.496 e. The zero-order valence-corrected chi connectivity index (χ0v) is 14.2. The lowest BCUT2D eigenvalue weighted by Crippen LogP contribution is -2.48. The van der Waals surface area contributed by atoms with Gasteiger partial charge in [-0.25, -0.2) is 0 Å². The predicted octanol–water partition coefficient (Wildman–Crippen LogP) is 2.70. The molecular weight excluding hydrogens is 308 g/mol. The van der Waals surface area contributed by atoms with Crippen molar-refractivity contribution in [3.8, 4) is 5.75 Å². The Balaban J connectivity index is 2.55. The first kappa shape index (κ1) is 17.8. The SMILES string of the molecule is COC(=O)C(Cc1ccccc1OC)(C(=O)OC)C1C=CC=CC1. The van der Waals surface area contributed by atoms with Crippen molar-refractivity contribution in [2.45, 2.75) is 12.8 Å². The van der Waals surface area contributed by atoms with Crippen LogP contribution in [0.4, 0.5) is 0 Å². The third-order valence-corrected chi connectivity index (χ3v) is 4.37. The van der Waals surface area contributed by atoms with E-state index < -0.39 is 17.4 Å². The van der Waals surface area contributed by atoms with Gasteiger partial charge in [0.25, 0.3) is 0 Å². The summed E-state index contributed by atoms with van der Waals surface area (Å²) in [5, 5.41) is 0. The number of ether oxygens (including phenoxy) is 3. The Morgan fingerprint density at radius 1 is 1.08 bits per heavy atom. The Hall–Kier alpha value is -2.56. The van der Waals surface area contributed by atoms with Gasteiger partial charge in [0.05, 0.1) is 21.3 Å². The van der Waals surface area contributed by atoms with Crippen molar-refractivity contribution in [3.05, 3.63) is 54.1 Å². The van der Waals surface area contributed by atoms with Gasteiger partial charge in [-0.15, -0.1) is 0 Å². The maximum Gasteiger partial charge on any atom is 0.324 e. The second-order valence-electron chi connectivity index (χ2n) is 5.60. The lowest BCUT2D eigenvalue weighted by Gasteiger charge is -2.35. The van der Waals surface area contributed by atoms with Crippen LogP contribution in [0.3, 0.4) is 0 Å². The molecule has 1 unspecified atom stereocenters. The Labute approximate surface area is 141 Å². The van der Waals surface area contributed by atoms with Crippen LogP contribution in [0.15, 0.2) is 48.6 Å². The molecule has 128 valence electrons. The van der Waals surface area contributed by atoms with E-state index in [2.05, 4.69) is 0 Å². The first-order chi connectivity index (χ1) is 11.6. The Bertz CT molecular complexity index is 643. The molecule has 0 heterocycles. The topological polar surface area (TPSA) is 61.8 Å². The molecule has 0 spiro atoms. The van der Waals surface area contributed by atoms with Crippen molar-refractivity contribution in [2.24, 2.45) is 11.3 Å². The summed E-state index contributed by atoms with van der Waals surface area (Å²) in [4.78, 5) is 25.4. The van der Waals surface area contributed by atoms with Crippen molar-refractivity contribution >= 4 is 11.9 Å². The molecule has 0 aliphatic heterocycles. The van der Waals surface area contributed by atoms with Crippen LogP contribution in [0.25, 0.3) is 0 Å². The quantitative estimate of drug-likeness (QED) is 0.593. The number of hydrogen-bond acceptors (Lipinski definition) is 5. The molecule has 1 aliphatic carbocycles. The highest BCUT2D eigenvalue weighted by molar-refractivity contribution is 6.01. The summed E-state index contributed by atoms with van der Waals surface area (Å²) < 4.78 is 15.4. The number of allylic oxidation sites excluding steroid dienone is 4. The summed E-state index contributed by atoms with van der Waals surface area (Å²) in [5.74, 6) is -0.951. The van der Waals surface area contributed by atoms with Crippen molar-refractivity contribution in [1.82, 2.24) is 0 Å². The van der Waals surface area contributed by atoms with Crippen molar-refractivity contribution < 1.29 is 23.8 Å². The molecule has 0 fully saturated rings. The fourth-order valence-electron chi connectivity index (χ4n) is 3.12. The van der Waals surface area contributed by atoms with E-state index in [1.807, 2.05) is 42.5 Å². The number of para-hydroxylation sites is 1. The van der Waals surface area contributed by atoms with Crippen LogP contribution in [-0.4, -0.2) is 33.3 Å². The molecule has 0 aromatic heterocycles. The lowest BCUT2D eigenvalue weighted by atomic mass is 9.68. The normalized spacial score (nSPS) is 16.5. The molecule has 0 saturated heterocycles. The Morgan fingerprint density at radius 2 is 1.75 bits per heavy atom. The van der Waals surface area contributed by atoms with Gasteiger partial charge < -0.3 is 14.2 Å². The summed E-state index contributed by atoms with van der Waals surface area (Å²) in [6, 6.07) is 7.31. The molecule has 5 nitrogen and oxygen atoms in total. The van der Waals surface area contributed by atoms with Crippen LogP contribution in [-0.2, 0) is 25.5 Å². The zero-order valence-electron chi connectivity index (χ0n) is 14.2. The molecule has 2 rings (SSSR count). The van der Waals surface area contributed by atoms with Crippen molar-refractivity contribution in [2.75, 3.05) is 21.3 Å². The molecule has 0 N–H and O–H groups in total. The Morgan fingerprint density at radius 3 is 2.29 bits per heavy atom. The number of hydrogen-bond donors (Lipinski definition) is 0. The summed E-state index contributed by atoms with van der Waals surface area (Å²) in [6.07, 6.45) is 8.18. The van der Waals surface area contributed by atoms with Crippen LogP contribution in [0.1, 0.15) is 12.0 Å². The van der Waals surface area contributed by atoms with Crippen LogP contribution in [0.5, 0.6) is 5.75 Å². The van der Waals surface area contributed by atoms with E-state index in [9.17, 15) is 9.59 Å². The maximum absolute atomic E-state index is 12.7. The van der Waals surface area contributed by atoms with Gasteiger partial charge in [-0.2, -0.15) is 0 Å². The first-order valence-electron chi connectivity index (χ1n) is 7.72. The summed E-state index contributed by atoms with van der Waals surface area (Å²) in [7, 11) is 4.12. The van der Waals surface area contributed by atoms with Gasteiger partial charge in [0.15, 0.2) is 5.41 Å². The van der Waals surface area contributed by atoms with Gasteiger partial charge in [0.2, 0.25) is 0 Å². The maximum atomic E-state index is 12.7. The van der Waals surface area contributed by atoms with Crippen LogP contribution < -0.4 is 4.74 Å². The van der Waals surface area contributed by atoms with Gasteiger partial charge in [-0.05, 0) is 18.1 Å². The number of carbonyl (C=O) groups is 2. The standard InChI is InChI=1S/C19H22O5/c1-22-16-12-8-7-9-14(16)13-19(17(20)23-2,18(21)24-3)15-10-5-4-6-11-15/h4-10,12,15H,11,13H2,1-3H3. The molecule has 1 aromatic carbocycles. The molecule has 0 bridgehead atoms. The highest BCUT2D eigenvalue weighted by atomic mass is 16.5. The van der Waals surface area contributed by atoms with Gasteiger partial charge in [0, 0.05) is 12.3 Å². The largest absolute Gasteiger partial charge is 0.496 e. The van der Waals surface area contributed by atoms with E-state index in [4.69, 9.17) is 14.2 Å². The highest BCUT2D eigenvalue weighted by Crippen LogP contribution is 2.41. The smallest absolute Gasteiger partial charge is 0.324 e. The van der Waals surface area contributed by atoms with E-state index in [1.165, 1.54) is 14.2 Å². The highest BCUT2D eigenvalue weighted by Gasteiger charge is 2.53. The van der Waals surface area contributed by atoms with Gasteiger partial charge in [-0.3, -0.25) is 9.59 Å². The van der Waals surface area contributed by atoms with Gasteiger partial charge >= 0.3 is 11.9 Å². The third-order valence-electron chi connectivity index (χ3n) is 4.37.